The lowest BCUT2D eigenvalue weighted by atomic mass is 10.1. The Morgan fingerprint density at radius 2 is 2.04 bits per heavy atom. The molecule has 2 aromatic carbocycles. The number of benzene rings is 2. The molecular weight excluding hydrogens is 324 g/mol. The molecule has 0 saturated carbocycles. The van der Waals surface area contributed by atoms with Crippen LogP contribution in [0.4, 0.5) is 11.4 Å². The Bertz CT molecular complexity index is 774. The molecule has 0 radical (unpaired) electrons. The van der Waals surface area contributed by atoms with Gasteiger partial charge in [0.05, 0.1) is 24.7 Å². The molecule has 25 heavy (non-hydrogen) atoms. The summed E-state index contributed by atoms with van der Waals surface area (Å²) in [5.74, 6) is -0.547. The minimum absolute atomic E-state index is 0.151. The summed E-state index contributed by atoms with van der Waals surface area (Å²) in [4.78, 5) is 22.0. The van der Waals surface area contributed by atoms with Crippen molar-refractivity contribution in [1.82, 2.24) is 0 Å². The van der Waals surface area contributed by atoms with Crippen molar-refractivity contribution in [2.75, 3.05) is 19.0 Å². The maximum atomic E-state index is 11.4. The van der Waals surface area contributed by atoms with E-state index in [4.69, 9.17) is 0 Å². The number of esters is 1. The lowest BCUT2D eigenvalue weighted by Gasteiger charge is -2.18. The SMILES string of the molecule is COC(=O)/C=C\c1ccc(N[C@@H](CO)c2ccccc2)c([N+](=O)[O-])c1. The van der Waals surface area contributed by atoms with E-state index >= 15 is 0 Å². The lowest BCUT2D eigenvalue weighted by Crippen LogP contribution is -2.15. The number of nitro groups is 1. The molecule has 130 valence electrons. The summed E-state index contributed by atoms with van der Waals surface area (Å²) in [6.07, 6.45) is 2.62. The molecule has 0 fully saturated rings. The minimum atomic E-state index is -0.547. The normalized spacial score (nSPS) is 11.9. The van der Waals surface area contributed by atoms with Gasteiger partial charge in [0.25, 0.3) is 5.69 Å². The van der Waals surface area contributed by atoms with Crippen molar-refractivity contribution in [3.05, 3.63) is 75.8 Å². The lowest BCUT2D eigenvalue weighted by molar-refractivity contribution is -0.384. The number of nitrogens with one attached hydrogen (secondary N) is 1. The van der Waals surface area contributed by atoms with Gasteiger partial charge in [0.1, 0.15) is 5.69 Å². The Hall–Kier alpha value is -3.19. The van der Waals surface area contributed by atoms with Crippen LogP contribution in [-0.4, -0.2) is 29.7 Å². The van der Waals surface area contributed by atoms with E-state index in [1.807, 2.05) is 30.3 Å². The van der Waals surface area contributed by atoms with Crippen molar-refractivity contribution >= 4 is 23.4 Å². The van der Waals surface area contributed by atoms with Gasteiger partial charge in [-0.2, -0.15) is 0 Å². The summed E-state index contributed by atoms with van der Waals surface area (Å²) in [6, 6.07) is 13.2. The van der Waals surface area contributed by atoms with Crippen molar-refractivity contribution in [1.29, 1.82) is 0 Å². The van der Waals surface area contributed by atoms with E-state index in [1.165, 1.54) is 25.3 Å². The van der Waals surface area contributed by atoms with Crippen molar-refractivity contribution in [2.45, 2.75) is 6.04 Å². The van der Waals surface area contributed by atoms with Crippen LogP contribution in [0.5, 0.6) is 0 Å². The van der Waals surface area contributed by atoms with Crippen LogP contribution >= 0.6 is 0 Å². The zero-order valence-corrected chi connectivity index (χ0v) is 13.6. The molecule has 0 aliphatic rings. The zero-order valence-electron chi connectivity index (χ0n) is 13.6. The van der Waals surface area contributed by atoms with Crippen LogP contribution < -0.4 is 5.32 Å². The summed E-state index contributed by atoms with van der Waals surface area (Å²) in [5, 5.41) is 24.0. The first-order valence-electron chi connectivity index (χ1n) is 7.52. The third-order valence-corrected chi connectivity index (χ3v) is 3.55. The number of carbonyl (C=O) groups is 1. The molecule has 1 atom stereocenters. The van der Waals surface area contributed by atoms with E-state index in [9.17, 15) is 20.0 Å². The Balaban J connectivity index is 2.29. The van der Waals surface area contributed by atoms with Crippen LogP contribution in [0.2, 0.25) is 0 Å². The number of aliphatic hydroxyl groups is 1. The fourth-order valence-corrected chi connectivity index (χ4v) is 2.27. The van der Waals surface area contributed by atoms with E-state index in [0.29, 0.717) is 5.56 Å². The summed E-state index contributed by atoms with van der Waals surface area (Å²) >= 11 is 0. The Morgan fingerprint density at radius 1 is 1.32 bits per heavy atom. The first kappa shape index (κ1) is 18.2. The number of rotatable bonds is 7. The molecular formula is C18H18N2O5. The summed E-state index contributed by atoms with van der Waals surface area (Å²) in [5.41, 5.74) is 1.43. The van der Waals surface area contributed by atoms with Crippen LogP contribution in [0.1, 0.15) is 17.2 Å². The molecule has 0 amide bonds. The molecule has 0 aliphatic carbocycles. The van der Waals surface area contributed by atoms with Crippen LogP contribution in [0.3, 0.4) is 0 Å². The maximum Gasteiger partial charge on any atom is 0.330 e. The van der Waals surface area contributed by atoms with E-state index in [1.54, 1.807) is 12.1 Å². The summed E-state index contributed by atoms with van der Waals surface area (Å²) in [6.45, 7) is -0.217. The first-order chi connectivity index (χ1) is 12.0. The van der Waals surface area contributed by atoms with Gasteiger partial charge in [-0.05, 0) is 23.3 Å². The van der Waals surface area contributed by atoms with Gasteiger partial charge < -0.3 is 15.2 Å². The second-order valence-electron chi connectivity index (χ2n) is 5.18. The highest BCUT2D eigenvalue weighted by Gasteiger charge is 2.18. The van der Waals surface area contributed by atoms with Gasteiger partial charge in [0.2, 0.25) is 0 Å². The van der Waals surface area contributed by atoms with Crippen LogP contribution in [-0.2, 0) is 9.53 Å². The Labute approximate surface area is 144 Å². The van der Waals surface area contributed by atoms with Crippen LogP contribution in [0.25, 0.3) is 6.08 Å². The fourth-order valence-electron chi connectivity index (χ4n) is 2.27. The Morgan fingerprint density at radius 3 is 2.64 bits per heavy atom. The molecule has 7 nitrogen and oxygen atoms in total. The molecule has 2 rings (SSSR count). The smallest absolute Gasteiger partial charge is 0.330 e. The zero-order chi connectivity index (χ0) is 18.2. The molecule has 0 unspecified atom stereocenters. The molecule has 0 spiro atoms. The van der Waals surface area contributed by atoms with Crippen LogP contribution in [0.15, 0.2) is 54.6 Å². The van der Waals surface area contributed by atoms with Gasteiger partial charge in [-0.15, -0.1) is 0 Å². The largest absolute Gasteiger partial charge is 0.466 e. The first-order valence-corrected chi connectivity index (χ1v) is 7.52. The topological polar surface area (TPSA) is 102 Å². The predicted octanol–water partition coefficient (Wildman–Crippen LogP) is 2.93. The van der Waals surface area contributed by atoms with Gasteiger partial charge in [-0.3, -0.25) is 10.1 Å². The second-order valence-corrected chi connectivity index (χ2v) is 5.18. The number of carbonyl (C=O) groups excluding carboxylic acids is 1. The second kappa shape index (κ2) is 8.60. The molecule has 0 bridgehead atoms. The van der Waals surface area contributed by atoms with Gasteiger partial charge in [-0.25, -0.2) is 4.79 Å². The molecule has 2 aromatic rings. The van der Waals surface area contributed by atoms with Crippen molar-refractivity contribution < 1.29 is 19.6 Å². The number of nitro benzene ring substituents is 1. The number of methoxy groups -OCH3 is 1. The standard InChI is InChI=1S/C18H18N2O5/c1-25-18(22)10-8-13-7-9-15(17(11-13)20(23)24)19-16(12-21)14-5-3-2-4-6-14/h2-11,16,19,21H,12H2,1H3/b10-8-/t16-/m0/s1. The molecule has 0 aliphatic heterocycles. The average Bonchev–Trinajstić information content (AvgIpc) is 2.65. The molecule has 0 heterocycles. The number of nitrogens with zero attached hydrogens (tertiary/aromatic N) is 1. The maximum absolute atomic E-state index is 11.4. The van der Waals surface area contributed by atoms with E-state index in [-0.39, 0.29) is 18.0 Å². The number of anilines is 1. The highest BCUT2D eigenvalue weighted by Crippen LogP contribution is 2.29. The van der Waals surface area contributed by atoms with E-state index < -0.39 is 16.9 Å². The van der Waals surface area contributed by atoms with Crippen LogP contribution in [0, 0.1) is 10.1 Å². The number of aliphatic hydroxyl groups excluding tert-OH is 1. The van der Waals surface area contributed by atoms with Gasteiger partial charge >= 0.3 is 5.97 Å². The Kier molecular flexibility index (Phi) is 6.25. The minimum Gasteiger partial charge on any atom is -0.466 e. The van der Waals surface area contributed by atoms with Crippen molar-refractivity contribution in [3.63, 3.8) is 0 Å². The monoisotopic (exact) mass is 342 g/mol. The average molecular weight is 342 g/mol. The van der Waals surface area contributed by atoms with E-state index in [0.717, 1.165) is 5.56 Å². The van der Waals surface area contributed by atoms with Gasteiger partial charge in [-0.1, -0.05) is 36.4 Å². The molecule has 2 N–H and O–H groups in total. The number of hydrogen-bond acceptors (Lipinski definition) is 6. The number of hydrogen-bond donors (Lipinski definition) is 2. The van der Waals surface area contributed by atoms with Gasteiger partial charge in [0, 0.05) is 12.1 Å². The third-order valence-electron chi connectivity index (χ3n) is 3.55. The molecule has 0 saturated heterocycles. The molecule has 0 aromatic heterocycles. The third kappa shape index (κ3) is 4.89. The predicted molar refractivity (Wildman–Crippen MR) is 94.0 cm³/mol. The summed E-state index contributed by atoms with van der Waals surface area (Å²) < 4.78 is 4.49. The van der Waals surface area contributed by atoms with Crippen molar-refractivity contribution in [3.8, 4) is 0 Å². The summed E-state index contributed by atoms with van der Waals surface area (Å²) in [7, 11) is 1.25. The fraction of sp³-hybridized carbons (Fsp3) is 0.167. The number of ether oxygens (including phenoxy) is 1. The van der Waals surface area contributed by atoms with Gasteiger partial charge in [0.15, 0.2) is 0 Å². The van der Waals surface area contributed by atoms with E-state index in [2.05, 4.69) is 10.1 Å². The van der Waals surface area contributed by atoms with Crippen molar-refractivity contribution in [2.24, 2.45) is 0 Å². The highest BCUT2D eigenvalue weighted by atomic mass is 16.6. The molecule has 7 heteroatoms. The highest BCUT2D eigenvalue weighted by molar-refractivity contribution is 5.87. The quantitative estimate of drug-likeness (QED) is 0.347.